The molecule has 0 amide bonds. The fourth-order valence-corrected chi connectivity index (χ4v) is 2.23. The Morgan fingerprint density at radius 2 is 2.35 bits per heavy atom. The number of aromatic nitrogens is 3. The second-order valence-corrected chi connectivity index (χ2v) is 4.62. The van der Waals surface area contributed by atoms with Crippen molar-refractivity contribution in [2.75, 3.05) is 12.4 Å². The maximum Gasteiger partial charge on any atom is 0.276 e. The second kappa shape index (κ2) is 5.01. The van der Waals surface area contributed by atoms with Gasteiger partial charge in [-0.05, 0) is 13.3 Å². The SMILES string of the molecule is COCc1cc2nc(C)c(CCBr)c(=O)n2[nH]1. The molecule has 0 aliphatic carbocycles. The molecule has 0 unspecified atom stereocenters. The van der Waals surface area contributed by atoms with Crippen LogP contribution in [0.5, 0.6) is 0 Å². The predicted octanol–water partition coefficient (Wildman–Crippen LogP) is 1.41. The topological polar surface area (TPSA) is 59.4 Å². The van der Waals surface area contributed by atoms with Gasteiger partial charge in [-0.15, -0.1) is 0 Å². The molecule has 92 valence electrons. The minimum atomic E-state index is -0.0331. The molecule has 2 rings (SSSR count). The molecule has 0 atom stereocenters. The third-order valence-electron chi connectivity index (χ3n) is 2.61. The first-order valence-electron chi connectivity index (χ1n) is 5.32. The molecule has 0 radical (unpaired) electrons. The molecule has 6 heteroatoms. The van der Waals surface area contributed by atoms with Gasteiger partial charge in [0.05, 0.1) is 12.3 Å². The number of aromatic amines is 1. The summed E-state index contributed by atoms with van der Waals surface area (Å²) in [5.74, 6) is 0. The van der Waals surface area contributed by atoms with E-state index in [1.807, 2.05) is 13.0 Å². The van der Waals surface area contributed by atoms with Crippen molar-refractivity contribution in [2.45, 2.75) is 20.0 Å². The minimum Gasteiger partial charge on any atom is -0.378 e. The number of aryl methyl sites for hydroxylation is 1. The summed E-state index contributed by atoms with van der Waals surface area (Å²) >= 11 is 3.34. The van der Waals surface area contributed by atoms with Crippen LogP contribution < -0.4 is 5.56 Å². The molecule has 17 heavy (non-hydrogen) atoms. The van der Waals surface area contributed by atoms with E-state index in [4.69, 9.17) is 4.74 Å². The van der Waals surface area contributed by atoms with Crippen LogP contribution in [0.1, 0.15) is 17.0 Å². The number of rotatable bonds is 4. The van der Waals surface area contributed by atoms with Crippen LogP contribution in [0.4, 0.5) is 0 Å². The smallest absolute Gasteiger partial charge is 0.276 e. The first-order valence-corrected chi connectivity index (χ1v) is 6.44. The molecule has 0 fully saturated rings. The third kappa shape index (κ3) is 2.28. The molecule has 0 aromatic carbocycles. The van der Waals surface area contributed by atoms with Crippen LogP contribution in [0.25, 0.3) is 5.65 Å². The summed E-state index contributed by atoms with van der Waals surface area (Å²) in [7, 11) is 1.61. The van der Waals surface area contributed by atoms with E-state index in [2.05, 4.69) is 26.0 Å². The zero-order chi connectivity index (χ0) is 12.4. The van der Waals surface area contributed by atoms with Crippen molar-refractivity contribution in [3.8, 4) is 0 Å². The Kier molecular flexibility index (Phi) is 3.63. The van der Waals surface area contributed by atoms with Crippen molar-refractivity contribution in [3.63, 3.8) is 0 Å². The number of hydrogen-bond donors (Lipinski definition) is 1. The molecule has 0 bridgehead atoms. The van der Waals surface area contributed by atoms with Gasteiger partial charge in [-0.3, -0.25) is 9.89 Å². The number of fused-ring (bicyclic) bond motifs is 1. The summed E-state index contributed by atoms with van der Waals surface area (Å²) in [6, 6.07) is 1.83. The molecule has 0 aliphatic rings. The maximum absolute atomic E-state index is 12.2. The average molecular weight is 300 g/mol. The lowest BCUT2D eigenvalue weighted by atomic mass is 10.2. The third-order valence-corrected chi connectivity index (χ3v) is 3.01. The molecule has 0 aliphatic heterocycles. The van der Waals surface area contributed by atoms with E-state index in [9.17, 15) is 4.79 Å². The minimum absolute atomic E-state index is 0.0331. The van der Waals surface area contributed by atoms with E-state index < -0.39 is 0 Å². The fraction of sp³-hybridized carbons (Fsp3) is 0.455. The van der Waals surface area contributed by atoms with Crippen LogP contribution in [0.15, 0.2) is 10.9 Å². The van der Waals surface area contributed by atoms with Gasteiger partial charge in [0.2, 0.25) is 0 Å². The van der Waals surface area contributed by atoms with Gasteiger partial charge in [0.15, 0.2) is 5.65 Å². The Bertz CT molecular complexity index is 588. The maximum atomic E-state index is 12.2. The molecule has 2 aromatic heterocycles. The highest BCUT2D eigenvalue weighted by Crippen LogP contribution is 2.07. The average Bonchev–Trinajstić information content (AvgIpc) is 2.67. The van der Waals surface area contributed by atoms with Gasteiger partial charge in [-0.25, -0.2) is 9.50 Å². The highest BCUT2D eigenvalue weighted by atomic mass is 79.9. The summed E-state index contributed by atoms with van der Waals surface area (Å²) in [5.41, 5.74) is 2.97. The molecule has 5 nitrogen and oxygen atoms in total. The number of hydrogen-bond acceptors (Lipinski definition) is 3. The second-order valence-electron chi connectivity index (χ2n) is 3.83. The fourth-order valence-electron chi connectivity index (χ4n) is 1.83. The Balaban J connectivity index is 2.61. The number of nitrogens with zero attached hydrogens (tertiary/aromatic N) is 2. The van der Waals surface area contributed by atoms with E-state index in [0.717, 1.165) is 22.3 Å². The zero-order valence-corrected chi connectivity index (χ0v) is 11.4. The summed E-state index contributed by atoms with van der Waals surface area (Å²) in [4.78, 5) is 16.6. The Hall–Kier alpha value is -1.14. The van der Waals surface area contributed by atoms with Crippen LogP contribution in [0.2, 0.25) is 0 Å². The van der Waals surface area contributed by atoms with Gasteiger partial charge >= 0.3 is 0 Å². The number of halogens is 1. The van der Waals surface area contributed by atoms with Crippen LogP contribution >= 0.6 is 15.9 Å². The summed E-state index contributed by atoms with van der Waals surface area (Å²) in [6.07, 6.45) is 0.680. The first kappa shape index (κ1) is 12.3. The van der Waals surface area contributed by atoms with Crippen molar-refractivity contribution < 1.29 is 4.74 Å². The first-order chi connectivity index (χ1) is 8.17. The highest BCUT2D eigenvalue weighted by molar-refractivity contribution is 9.09. The zero-order valence-electron chi connectivity index (χ0n) is 9.79. The van der Waals surface area contributed by atoms with Crippen molar-refractivity contribution in [3.05, 3.63) is 33.4 Å². The van der Waals surface area contributed by atoms with Gasteiger partial charge in [0.1, 0.15) is 0 Å². The van der Waals surface area contributed by atoms with Crippen LogP contribution in [0.3, 0.4) is 0 Å². The summed E-state index contributed by atoms with van der Waals surface area (Å²) < 4.78 is 6.49. The summed E-state index contributed by atoms with van der Waals surface area (Å²) in [5, 5.41) is 3.74. The van der Waals surface area contributed by atoms with Gasteiger partial charge in [-0.2, -0.15) is 0 Å². The number of nitrogens with one attached hydrogen (secondary N) is 1. The number of ether oxygens (including phenoxy) is 1. The standard InChI is InChI=1S/C11H14BrN3O2/c1-7-9(3-4-12)11(16)15-10(13-7)5-8(14-15)6-17-2/h5,14H,3-4,6H2,1-2H3. The van der Waals surface area contributed by atoms with Crippen molar-refractivity contribution >= 4 is 21.6 Å². The molecule has 1 N–H and O–H groups in total. The van der Waals surface area contributed by atoms with Crippen molar-refractivity contribution in [1.82, 2.24) is 14.6 Å². The van der Waals surface area contributed by atoms with Gasteiger partial charge < -0.3 is 4.74 Å². The lowest BCUT2D eigenvalue weighted by Crippen LogP contribution is -2.22. The van der Waals surface area contributed by atoms with Gasteiger partial charge in [0, 0.05) is 29.8 Å². The lowest BCUT2D eigenvalue weighted by Gasteiger charge is -2.02. The van der Waals surface area contributed by atoms with Gasteiger partial charge in [0.25, 0.3) is 5.56 Å². The molecule has 0 spiro atoms. The molecular weight excluding hydrogens is 286 g/mol. The number of H-pyrrole nitrogens is 1. The van der Waals surface area contributed by atoms with Crippen molar-refractivity contribution in [2.24, 2.45) is 0 Å². The molecular formula is C11H14BrN3O2. The Morgan fingerprint density at radius 1 is 1.59 bits per heavy atom. The van der Waals surface area contributed by atoms with Crippen LogP contribution in [-0.2, 0) is 17.8 Å². The van der Waals surface area contributed by atoms with Gasteiger partial charge in [-0.1, -0.05) is 15.9 Å². The van der Waals surface area contributed by atoms with E-state index in [1.165, 1.54) is 4.52 Å². The lowest BCUT2D eigenvalue weighted by molar-refractivity contribution is 0.181. The molecule has 2 aromatic rings. The number of alkyl halides is 1. The van der Waals surface area contributed by atoms with Crippen LogP contribution in [-0.4, -0.2) is 27.0 Å². The molecule has 0 saturated heterocycles. The monoisotopic (exact) mass is 299 g/mol. The highest BCUT2D eigenvalue weighted by Gasteiger charge is 2.11. The van der Waals surface area contributed by atoms with E-state index in [1.54, 1.807) is 7.11 Å². The van der Waals surface area contributed by atoms with E-state index in [0.29, 0.717) is 18.7 Å². The summed E-state index contributed by atoms with van der Waals surface area (Å²) in [6.45, 7) is 2.30. The largest absolute Gasteiger partial charge is 0.378 e. The Labute approximate surface area is 107 Å². The van der Waals surface area contributed by atoms with E-state index >= 15 is 0 Å². The molecule has 0 saturated carbocycles. The Morgan fingerprint density at radius 3 is 3.00 bits per heavy atom. The normalized spacial score (nSPS) is 11.2. The predicted molar refractivity (Wildman–Crippen MR) is 68.8 cm³/mol. The number of methoxy groups -OCH3 is 1. The van der Waals surface area contributed by atoms with Crippen LogP contribution in [0, 0.1) is 6.92 Å². The quantitative estimate of drug-likeness (QED) is 0.869. The molecule has 2 heterocycles. The van der Waals surface area contributed by atoms with Crippen molar-refractivity contribution in [1.29, 1.82) is 0 Å². The van der Waals surface area contributed by atoms with E-state index in [-0.39, 0.29) is 5.56 Å².